The van der Waals surface area contributed by atoms with Crippen LogP contribution in [0.1, 0.15) is 131 Å². The van der Waals surface area contributed by atoms with Gasteiger partial charge in [-0.05, 0) is 105 Å². The average Bonchev–Trinajstić information content (AvgIpc) is 3.72. The van der Waals surface area contributed by atoms with E-state index in [0.717, 1.165) is 0 Å². The highest BCUT2D eigenvalue weighted by atomic mass is 17.0. The fraction of sp³-hybridized carbons (Fsp3) is 0.739. The van der Waals surface area contributed by atoms with Crippen molar-refractivity contribution < 1.29 is 77.2 Å². The lowest BCUT2D eigenvalue weighted by Gasteiger charge is -2.53. The molecule has 63 heavy (non-hydrogen) atoms. The van der Waals surface area contributed by atoms with Crippen molar-refractivity contribution in [3.63, 3.8) is 0 Å². The summed E-state index contributed by atoms with van der Waals surface area (Å²) in [6, 6.07) is 0. The van der Waals surface area contributed by atoms with Crippen LogP contribution in [0.3, 0.4) is 0 Å². The molecule has 17 heteroatoms. The Balaban J connectivity index is 1.47. The molecule has 6 heterocycles. The predicted octanol–water partition coefficient (Wildman–Crippen LogP) is 4.65. The van der Waals surface area contributed by atoms with Crippen LogP contribution >= 0.6 is 0 Å². The van der Waals surface area contributed by atoms with Crippen molar-refractivity contribution in [3.05, 3.63) is 48.6 Å². The van der Waals surface area contributed by atoms with Gasteiger partial charge in [0.25, 0.3) is 0 Å². The first-order valence-electron chi connectivity index (χ1n) is 22.9. The van der Waals surface area contributed by atoms with Gasteiger partial charge in [-0.25, -0.2) is 9.59 Å². The summed E-state index contributed by atoms with van der Waals surface area (Å²) in [6.45, 7) is 5.49. The normalized spacial score (nSPS) is 45.9. The highest BCUT2D eigenvalue weighted by molar-refractivity contribution is 6.56. The maximum Gasteiger partial charge on any atom is 0.536 e. The Morgan fingerprint density at radius 2 is 0.905 bits per heavy atom. The Bertz CT molecular complexity index is 1650. The molecule has 4 fully saturated rings. The van der Waals surface area contributed by atoms with E-state index in [0.29, 0.717) is 51.4 Å². The van der Waals surface area contributed by atoms with Crippen LogP contribution in [-0.4, -0.2) is 122 Å². The van der Waals surface area contributed by atoms with Gasteiger partial charge in [-0.3, -0.25) is 9.59 Å². The zero-order valence-corrected chi connectivity index (χ0v) is 37.6. The molecular formula is C46H68BO16-. The van der Waals surface area contributed by atoms with Crippen LogP contribution in [-0.2, 0) is 56.7 Å². The first-order chi connectivity index (χ1) is 29.7. The average molecular weight is 888 g/mol. The van der Waals surface area contributed by atoms with Crippen molar-refractivity contribution in [1.82, 2.24) is 0 Å². The van der Waals surface area contributed by atoms with Gasteiger partial charge in [-0.1, -0.05) is 62.5 Å². The largest absolute Gasteiger partial charge is 0.536 e. The second kappa shape index (κ2) is 20.2. The van der Waals surface area contributed by atoms with Gasteiger partial charge in [0.2, 0.25) is 0 Å². The smallest absolute Gasteiger partial charge is 0.504 e. The zero-order valence-electron chi connectivity index (χ0n) is 37.6. The molecule has 0 aliphatic carbocycles. The highest BCUT2D eigenvalue weighted by Crippen LogP contribution is 2.57. The van der Waals surface area contributed by atoms with Crippen molar-refractivity contribution in [2.24, 2.45) is 11.8 Å². The number of hydrogen-bond donors (Lipinski definition) is 4. The van der Waals surface area contributed by atoms with E-state index in [9.17, 15) is 39.6 Å². The van der Waals surface area contributed by atoms with E-state index in [-0.39, 0.29) is 50.1 Å². The molecule has 0 amide bonds. The molecule has 0 aromatic rings. The molecule has 1 unspecified atom stereocenters. The third-order valence-electron chi connectivity index (χ3n) is 13.6. The topological polar surface area (TPSA) is 223 Å². The van der Waals surface area contributed by atoms with Crippen LogP contribution in [0, 0.1) is 11.8 Å². The Morgan fingerprint density at radius 1 is 0.556 bits per heavy atom. The molecule has 16 nitrogen and oxygen atoms in total. The van der Waals surface area contributed by atoms with Gasteiger partial charge in [-0.15, -0.1) is 0 Å². The third-order valence-corrected chi connectivity index (χ3v) is 13.6. The molecule has 6 aliphatic rings. The molecule has 6 aliphatic heterocycles. The number of aliphatic hydroxyl groups excluding tert-OH is 2. The molecule has 3 spiro atoms. The number of hydrogen-bond acceptors (Lipinski definition) is 16. The number of ether oxygens (including phenoxy) is 4. The molecule has 0 radical (unpaired) electrons. The van der Waals surface area contributed by atoms with Crippen LogP contribution in [0.25, 0.3) is 0 Å². The van der Waals surface area contributed by atoms with Crippen LogP contribution in [0.5, 0.6) is 0 Å². The lowest BCUT2D eigenvalue weighted by atomic mass is 9.79. The van der Waals surface area contributed by atoms with Gasteiger partial charge in [0.15, 0.2) is 23.8 Å². The van der Waals surface area contributed by atoms with Crippen LogP contribution < -0.4 is 0 Å². The number of carbonyl (C=O) groups is 4. The second-order valence-electron chi connectivity index (χ2n) is 18.9. The molecule has 4 N–H and O–H groups in total. The molecule has 0 saturated carbocycles. The third kappa shape index (κ3) is 10.8. The lowest BCUT2D eigenvalue weighted by Crippen LogP contribution is -2.68. The van der Waals surface area contributed by atoms with Crippen molar-refractivity contribution in [2.45, 2.75) is 203 Å². The number of cyclic esters (lactones) is 2. The highest BCUT2D eigenvalue weighted by Gasteiger charge is 2.77. The minimum Gasteiger partial charge on any atom is -0.504 e. The molecule has 4 saturated heterocycles. The van der Waals surface area contributed by atoms with Gasteiger partial charge in [0, 0.05) is 24.7 Å². The lowest BCUT2D eigenvalue weighted by molar-refractivity contribution is -0.345. The molecule has 15 atom stereocenters. The number of allylic oxidation sites excluding steroid dienone is 8. The van der Waals surface area contributed by atoms with Crippen LogP contribution in [0.15, 0.2) is 48.6 Å². The van der Waals surface area contributed by atoms with E-state index < -0.39 is 102 Å². The van der Waals surface area contributed by atoms with Crippen molar-refractivity contribution in [2.75, 3.05) is 0 Å². The monoisotopic (exact) mass is 887 g/mol. The first kappa shape index (κ1) is 49.3. The summed E-state index contributed by atoms with van der Waals surface area (Å²) < 4.78 is 51.2. The maximum atomic E-state index is 14.5. The Labute approximate surface area is 370 Å². The van der Waals surface area contributed by atoms with Crippen LogP contribution in [0.4, 0.5) is 0 Å². The maximum absolute atomic E-state index is 14.5. The summed E-state index contributed by atoms with van der Waals surface area (Å²) in [6.07, 6.45) is 8.97. The summed E-state index contributed by atoms with van der Waals surface area (Å²) in [4.78, 5) is 56.6. The molecule has 352 valence electrons. The molecule has 7 bridgehead atoms. The number of Topliss-reactive ketones (excluding diaryl/α,β-unsaturated/α-hetero) is 2. The molecule has 0 aromatic heterocycles. The minimum absolute atomic E-state index is 0.0841. The molecule has 0 aromatic carbocycles. The van der Waals surface area contributed by atoms with E-state index in [2.05, 4.69) is 0 Å². The number of aliphatic hydroxyl groups is 4. The summed E-state index contributed by atoms with van der Waals surface area (Å²) in [7, 11) is 0. The number of fused-ring (bicyclic) bond motifs is 4. The number of rotatable bonds is 0. The minimum atomic E-state index is -3.90. The van der Waals surface area contributed by atoms with Crippen molar-refractivity contribution in [3.8, 4) is 0 Å². The van der Waals surface area contributed by atoms with Gasteiger partial charge in [0.05, 0.1) is 36.6 Å². The summed E-state index contributed by atoms with van der Waals surface area (Å²) in [5.74, 6) is -9.43. The van der Waals surface area contributed by atoms with Crippen molar-refractivity contribution >= 4 is 30.5 Å². The fourth-order valence-corrected chi connectivity index (χ4v) is 9.40. The second-order valence-corrected chi connectivity index (χ2v) is 18.9. The predicted molar refractivity (Wildman–Crippen MR) is 227 cm³/mol. The molecular weight excluding hydrogens is 819 g/mol. The van der Waals surface area contributed by atoms with Gasteiger partial charge in [-0.2, -0.15) is 0 Å². The first-order valence-corrected chi connectivity index (χ1v) is 22.9. The van der Waals surface area contributed by atoms with E-state index in [1.54, 1.807) is 27.7 Å². The Kier molecular flexibility index (Phi) is 15.8. The van der Waals surface area contributed by atoms with E-state index in [4.69, 9.17) is 37.6 Å². The fourth-order valence-electron chi connectivity index (χ4n) is 9.40. The summed E-state index contributed by atoms with van der Waals surface area (Å²) >= 11 is 0. The summed E-state index contributed by atoms with van der Waals surface area (Å²) in [5, 5.41) is 46.4. The zero-order chi connectivity index (χ0) is 45.8. The van der Waals surface area contributed by atoms with E-state index in [1.165, 1.54) is 13.8 Å². The SMILES string of the molecule is C[C@@H]1C(=O)C[C@@H](O)CCC=CC=CCC[C@H](C)OC(=O)[C@@H]2O[B-]34O[C@@H](C(=O)O[C@@H](C)CCC=C/C=C\CC[C@H](O)CC(=O)[C@@H](C)[C@@H]5CC[C@](C)(O)[C@]2(O5)O3)[C@@]2(O[C@H]1CC[C@]2(C)O)O4. The van der Waals surface area contributed by atoms with E-state index >= 15 is 0 Å². The quantitative estimate of drug-likeness (QED) is 0.192. The summed E-state index contributed by atoms with van der Waals surface area (Å²) in [5.41, 5.74) is -4.13. The van der Waals surface area contributed by atoms with Crippen LogP contribution in [0.2, 0.25) is 0 Å². The van der Waals surface area contributed by atoms with Gasteiger partial charge >= 0.3 is 18.9 Å². The Hall–Kier alpha value is -3.10. The van der Waals surface area contributed by atoms with Gasteiger partial charge < -0.3 is 58.0 Å². The molecule has 6 rings (SSSR count). The standard InChI is InChI=1S/C46H68BO16/c1-29-19-15-11-7-9-13-17-21-33(48)28-36(51)32(4)38-24-26-44(6,55)46(59-38)40-42(53)57-30(2)20-16-12-8-10-14-18-22-34(49)27-35(50)31(3)37-23-25-43(5,54)45(58-37)39(41(52)56-29)60-47(61-40,62-45)63-46/h7-14,29-34,37-40,48-49,54-55H,15-28H2,1-6H3/q-1/b11-7?,12-8?,13-9-,14-10?/t29-,30-,31+,32+,33-,34-,37-,38-,39-,40-,43-,44-,45+,46+,47?/m0/s1. The number of ketones is 2. The van der Waals surface area contributed by atoms with Crippen molar-refractivity contribution in [1.29, 1.82) is 0 Å². The number of esters is 2. The van der Waals surface area contributed by atoms with E-state index in [1.807, 2.05) is 48.6 Å². The Morgan fingerprint density at radius 3 is 1.27 bits per heavy atom. The van der Waals surface area contributed by atoms with Gasteiger partial charge in [0.1, 0.15) is 22.8 Å². The number of carbonyl (C=O) groups excluding carboxylic acids is 4.